The van der Waals surface area contributed by atoms with E-state index in [9.17, 15) is 4.79 Å². The van der Waals surface area contributed by atoms with Crippen molar-refractivity contribution in [1.29, 1.82) is 0 Å². The monoisotopic (exact) mass is 335 g/mol. The number of ketones is 1. The van der Waals surface area contributed by atoms with E-state index in [1.807, 2.05) is 18.2 Å². The molecule has 0 bridgehead atoms. The molecule has 2 aromatic carbocycles. The van der Waals surface area contributed by atoms with Gasteiger partial charge in [0.05, 0.1) is 19.8 Å². The molecule has 0 unspecified atom stereocenters. The molecule has 1 aromatic heterocycles. The van der Waals surface area contributed by atoms with E-state index < -0.39 is 0 Å². The zero-order valence-electron chi connectivity index (χ0n) is 13.6. The third-order valence-corrected chi connectivity index (χ3v) is 4.60. The van der Waals surface area contributed by atoms with Gasteiger partial charge in [0.1, 0.15) is 11.4 Å². The first-order valence-corrected chi connectivity index (χ1v) is 7.76. The summed E-state index contributed by atoms with van der Waals surface area (Å²) in [6.45, 7) is 0.145. The molecule has 2 aliphatic rings. The van der Waals surface area contributed by atoms with Gasteiger partial charge in [-0.1, -0.05) is 12.1 Å². The van der Waals surface area contributed by atoms with Crippen LogP contribution in [0.25, 0.3) is 21.9 Å². The highest BCUT2D eigenvalue weighted by Gasteiger charge is 2.35. The van der Waals surface area contributed by atoms with Crippen molar-refractivity contribution in [3.05, 3.63) is 41.6 Å². The van der Waals surface area contributed by atoms with Crippen LogP contribution in [-0.4, -0.2) is 31.8 Å². The second-order valence-electron chi connectivity index (χ2n) is 5.81. The molecule has 0 atom stereocenters. The van der Waals surface area contributed by atoms with Crippen molar-refractivity contribution in [3.8, 4) is 34.3 Å². The lowest BCUT2D eigenvalue weighted by Crippen LogP contribution is -2.14. The molecule has 0 amide bonds. The lowest BCUT2D eigenvalue weighted by atomic mass is 9.84. The third-order valence-electron chi connectivity index (χ3n) is 4.60. The number of rotatable bonds is 2. The lowest BCUT2D eigenvalue weighted by Gasteiger charge is -2.22. The molecule has 1 aliphatic carbocycles. The van der Waals surface area contributed by atoms with Gasteiger partial charge in [-0.25, -0.2) is 4.98 Å². The quantitative estimate of drug-likeness (QED) is 0.560. The summed E-state index contributed by atoms with van der Waals surface area (Å²) in [5, 5.41) is 1.57. The first kappa shape index (κ1) is 14.1. The highest BCUT2D eigenvalue weighted by atomic mass is 16.7. The number of benzene rings is 2. The van der Waals surface area contributed by atoms with E-state index in [0.717, 1.165) is 21.9 Å². The number of ether oxygens (including phenoxy) is 4. The van der Waals surface area contributed by atoms with Crippen molar-refractivity contribution in [2.45, 2.75) is 0 Å². The first-order chi connectivity index (χ1) is 12.2. The number of methoxy groups -OCH3 is 2. The molecule has 6 nitrogen and oxygen atoms in total. The highest BCUT2D eigenvalue weighted by Crippen LogP contribution is 2.52. The summed E-state index contributed by atoms with van der Waals surface area (Å²) in [6, 6.07) is 9.16. The van der Waals surface area contributed by atoms with Crippen LogP contribution in [0.3, 0.4) is 0 Å². The lowest BCUT2D eigenvalue weighted by molar-refractivity contribution is 0.103. The molecule has 0 saturated carbocycles. The number of hydrogen-bond acceptors (Lipinski definition) is 6. The summed E-state index contributed by atoms with van der Waals surface area (Å²) in [7, 11) is 3.07. The SMILES string of the molecule is COc1cc2cc3c(c4c2c(n1)C(=O)c1c(OC)cccc1-4)OCO3. The van der Waals surface area contributed by atoms with E-state index in [1.54, 1.807) is 19.2 Å². The Morgan fingerprint density at radius 3 is 2.76 bits per heavy atom. The van der Waals surface area contributed by atoms with Gasteiger partial charge >= 0.3 is 0 Å². The average molecular weight is 335 g/mol. The van der Waals surface area contributed by atoms with Crippen LogP contribution in [0.4, 0.5) is 0 Å². The van der Waals surface area contributed by atoms with Crippen LogP contribution < -0.4 is 18.9 Å². The number of aromatic nitrogens is 1. The predicted molar refractivity (Wildman–Crippen MR) is 89.8 cm³/mol. The van der Waals surface area contributed by atoms with Gasteiger partial charge < -0.3 is 18.9 Å². The van der Waals surface area contributed by atoms with Gasteiger partial charge in [0, 0.05) is 22.6 Å². The average Bonchev–Trinajstić information content (AvgIpc) is 3.11. The number of pyridine rings is 1. The Kier molecular flexibility index (Phi) is 2.74. The summed E-state index contributed by atoms with van der Waals surface area (Å²) in [5.74, 6) is 1.96. The van der Waals surface area contributed by atoms with Crippen LogP contribution in [0, 0.1) is 0 Å². The molecular weight excluding hydrogens is 322 g/mol. The molecule has 0 N–H and O–H groups in total. The maximum atomic E-state index is 13.2. The fourth-order valence-electron chi connectivity index (χ4n) is 3.55. The molecular formula is C19H13NO5. The topological polar surface area (TPSA) is 66.9 Å². The minimum Gasteiger partial charge on any atom is -0.496 e. The zero-order chi connectivity index (χ0) is 17.1. The van der Waals surface area contributed by atoms with Crippen LogP contribution in [0.2, 0.25) is 0 Å². The van der Waals surface area contributed by atoms with Crippen LogP contribution in [0.15, 0.2) is 30.3 Å². The number of carbonyl (C=O) groups excluding carboxylic acids is 1. The minimum absolute atomic E-state index is 0.145. The fraction of sp³-hybridized carbons (Fsp3) is 0.158. The fourth-order valence-corrected chi connectivity index (χ4v) is 3.55. The Balaban J connectivity index is 2.01. The predicted octanol–water partition coefficient (Wildman–Crippen LogP) is 3.19. The molecule has 124 valence electrons. The van der Waals surface area contributed by atoms with Crippen molar-refractivity contribution >= 4 is 16.6 Å². The Morgan fingerprint density at radius 1 is 1.08 bits per heavy atom. The molecule has 0 radical (unpaired) electrons. The van der Waals surface area contributed by atoms with Crippen LogP contribution >= 0.6 is 0 Å². The molecule has 25 heavy (non-hydrogen) atoms. The van der Waals surface area contributed by atoms with Gasteiger partial charge in [0.25, 0.3) is 0 Å². The van der Waals surface area contributed by atoms with E-state index in [1.165, 1.54) is 7.11 Å². The van der Waals surface area contributed by atoms with Gasteiger partial charge in [-0.15, -0.1) is 0 Å². The summed E-state index contributed by atoms with van der Waals surface area (Å²) in [6.07, 6.45) is 0. The summed E-state index contributed by atoms with van der Waals surface area (Å²) in [4.78, 5) is 17.6. The van der Waals surface area contributed by atoms with E-state index >= 15 is 0 Å². The number of fused-ring (bicyclic) bond motifs is 4. The molecule has 1 aliphatic heterocycles. The van der Waals surface area contributed by atoms with Gasteiger partial charge in [0.15, 0.2) is 11.5 Å². The standard InChI is InChI=1S/C19H13NO5/c1-22-11-5-3-4-10-15(11)18(21)17-14-9(7-13(20-17)23-2)6-12-19(16(10)14)25-8-24-12/h3-7H,8H2,1-2H3. The van der Waals surface area contributed by atoms with Gasteiger partial charge in [-0.2, -0.15) is 0 Å². The number of hydrogen-bond donors (Lipinski definition) is 0. The van der Waals surface area contributed by atoms with Crippen molar-refractivity contribution < 1.29 is 23.7 Å². The van der Waals surface area contributed by atoms with E-state index in [4.69, 9.17) is 18.9 Å². The van der Waals surface area contributed by atoms with Gasteiger partial charge in [0.2, 0.25) is 18.5 Å². The molecule has 0 saturated heterocycles. The first-order valence-electron chi connectivity index (χ1n) is 7.76. The Hall–Kier alpha value is -3.28. The summed E-state index contributed by atoms with van der Waals surface area (Å²) < 4.78 is 22.0. The van der Waals surface area contributed by atoms with E-state index in [-0.39, 0.29) is 12.6 Å². The highest BCUT2D eigenvalue weighted by molar-refractivity contribution is 6.27. The second-order valence-corrected chi connectivity index (χ2v) is 5.81. The van der Waals surface area contributed by atoms with Gasteiger partial charge in [-0.3, -0.25) is 4.79 Å². The van der Waals surface area contributed by atoms with E-state index in [0.29, 0.717) is 34.4 Å². The van der Waals surface area contributed by atoms with Crippen molar-refractivity contribution in [1.82, 2.24) is 4.98 Å². The second kappa shape index (κ2) is 4.86. The van der Waals surface area contributed by atoms with Crippen molar-refractivity contribution in [2.75, 3.05) is 21.0 Å². The van der Waals surface area contributed by atoms with Crippen LogP contribution in [0.5, 0.6) is 23.1 Å². The van der Waals surface area contributed by atoms with Gasteiger partial charge in [-0.05, 0) is 17.5 Å². The smallest absolute Gasteiger partial charge is 0.231 e. The molecule has 0 spiro atoms. The van der Waals surface area contributed by atoms with Crippen LogP contribution in [0.1, 0.15) is 16.1 Å². The third kappa shape index (κ3) is 1.73. The molecule has 2 heterocycles. The molecule has 0 fully saturated rings. The van der Waals surface area contributed by atoms with Crippen LogP contribution in [-0.2, 0) is 0 Å². The number of nitrogens with zero attached hydrogens (tertiary/aromatic N) is 1. The number of carbonyl (C=O) groups is 1. The van der Waals surface area contributed by atoms with E-state index in [2.05, 4.69) is 4.98 Å². The summed E-state index contributed by atoms with van der Waals surface area (Å²) >= 11 is 0. The molecule has 6 heteroatoms. The summed E-state index contributed by atoms with van der Waals surface area (Å²) in [5.41, 5.74) is 2.38. The minimum atomic E-state index is -0.192. The maximum absolute atomic E-state index is 13.2. The van der Waals surface area contributed by atoms with Crippen molar-refractivity contribution in [3.63, 3.8) is 0 Å². The Labute approximate surface area is 142 Å². The Morgan fingerprint density at radius 2 is 1.96 bits per heavy atom. The largest absolute Gasteiger partial charge is 0.496 e. The zero-order valence-corrected chi connectivity index (χ0v) is 13.6. The maximum Gasteiger partial charge on any atom is 0.231 e. The van der Waals surface area contributed by atoms with Crippen molar-refractivity contribution in [2.24, 2.45) is 0 Å². The molecule has 5 rings (SSSR count). The normalized spacial score (nSPS) is 13.8. The molecule has 3 aromatic rings. The Bertz CT molecular complexity index is 1070.